The number of hydrogen-bond acceptors (Lipinski definition) is 5. The molecule has 0 aromatic carbocycles. The highest BCUT2D eigenvalue weighted by atomic mass is 35.5. The first-order valence-electron chi connectivity index (χ1n) is 5.54. The van der Waals surface area contributed by atoms with Gasteiger partial charge in [0.1, 0.15) is 0 Å². The van der Waals surface area contributed by atoms with E-state index in [4.69, 9.17) is 23.2 Å². The summed E-state index contributed by atoms with van der Waals surface area (Å²) in [6.45, 7) is 1.82. The maximum atomic E-state index is 5.78. The van der Waals surface area contributed by atoms with Crippen LogP contribution in [0.15, 0.2) is 0 Å². The Balaban J connectivity index is 2.16. The predicted octanol–water partition coefficient (Wildman–Crippen LogP) is 1.71. The normalized spacial score (nSPS) is 21.0. The molecule has 1 aromatic heterocycles. The molecular weight excluding hydrogens is 261 g/mol. The zero-order valence-electron chi connectivity index (χ0n) is 9.90. The minimum Gasteiger partial charge on any atom is -0.339 e. The molecule has 1 unspecified atom stereocenters. The highest BCUT2D eigenvalue weighted by Crippen LogP contribution is 2.20. The molecular formula is C10H15Cl2N5. The van der Waals surface area contributed by atoms with Gasteiger partial charge in [0.15, 0.2) is 0 Å². The summed E-state index contributed by atoms with van der Waals surface area (Å²) in [4.78, 5) is 16.3. The lowest BCUT2D eigenvalue weighted by Gasteiger charge is -2.36. The van der Waals surface area contributed by atoms with Crippen molar-refractivity contribution in [3.8, 4) is 0 Å². The molecule has 7 heteroatoms. The fourth-order valence-corrected chi connectivity index (χ4v) is 2.37. The predicted molar refractivity (Wildman–Crippen MR) is 68.8 cm³/mol. The number of aromatic nitrogens is 3. The van der Waals surface area contributed by atoms with Crippen LogP contribution >= 0.6 is 23.2 Å². The van der Waals surface area contributed by atoms with Crippen molar-refractivity contribution >= 4 is 29.2 Å². The minimum atomic E-state index is 0.145. The van der Waals surface area contributed by atoms with Crippen molar-refractivity contribution in [3.63, 3.8) is 0 Å². The number of likely N-dealkylation sites (N-methyl/N-ethyl adjacent to an activating group) is 1. The van der Waals surface area contributed by atoms with Crippen molar-refractivity contribution in [1.82, 2.24) is 19.9 Å². The number of nitrogens with zero attached hydrogens (tertiary/aromatic N) is 5. The Labute approximate surface area is 111 Å². The minimum absolute atomic E-state index is 0.145. The van der Waals surface area contributed by atoms with Gasteiger partial charge in [-0.1, -0.05) is 0 Å². The van der Waals surface area contributed by atoms with E-state index in [0.29, 0.717) is 12.0 Å². The van der Waals surface area contributed by atoms with Gasteiger partial charge in [0.25, 0.3) is 0 Å². The van der Waals surface area contributed by atoms with Crippen LogP contribution in [0.4, 0.5) is 5.95 Å². The Bertz CT molecular complexity index is 378. The molecule has 2 rings (SSSR count). The van der Waals surface area contributed by atoms with Gasteiger partial charge in [-0.05, 0) is 50.1 Å². The maximum absolute atomic E-state index is 5.78. The molecule has 5 nitrogen and oxygen atoms in total. The molecule has 1 atom stereocenters. The number of halogens is 2. The van der Waals surface area contributed by atoms with E-state index in [1.807, 2.05) is 0 Å². The van der Waals surface area contributed by atoms with E-state index in [1.165, 1.54) is 6.42 Å². The zero-order valence-corrected chi connectivity index (χ0v) is 11.4. The molecule has 0 saturated carbocycles. The third-order valence-corrected chi connectivity index (χ3v) is 3.32. The molecule has 0 spiro atoms. The van der Waals surface area contributed by atoms with E-state index in [2.05, 4.69) is 38.8 Å². The topological polar surface area (TPSA) is 45.2 Å². The monoisotopic (exact) mass is 275 g/mol. The second-order valence-electron chi connectivity index (χ2n) is 4.38. The molecule has 0 bridgehead atoms. The number of anilines is 1. The fraction of sp³-hybridized carbons (Fsp3) is 0.700. The van der Waals surface area contributed by atoms with Gasteiger partial charge in [-0.15, -0.1) is 0 Å². The molecule has 1 saturated heterocycles. The van der Waals surface area contributed by atoms with Gasteiger partial charge in [0.2, 0.25) is 16.5 Å². The maximum Gasteiger partial charge on any atom is 0.231 e. The summed E-state index contributed by atoms with van der Waals surface area (Å²) in [6.07, 6.45) is 2.31. The second kappa shape index (κ2) is 5.33. The van der Waals surface area contributed by atoms with Crippen LogP contribution in [0.3, 0.4) is 0 Å². The number of piperidine rings is 1. The highest BCUT2D eigenvalue weighted by Gasteiger charge is 2.23. The second-order valence-corrected chi connectivity index (χ2v) is 5.06. The third kappa shape index (κ3) is 3.18. The fourth-order valence-electron chi connectivity index (χ4n) is 2.02. The Morgan fingerprint density at radius 2 is 1.82 bits per heavy atom. The van der Waals surface area contributed by atoms with Crippen LogP contribution in [0.1, 0.15) is 12.8 Å². The SMILES string of the molecule is CN(C)C1CCCN(c2nc(Cl)nc(Cl)n2)C1. The van der Waals surface area contributed by atoms with Gasteiger partial charge in [-0.25, -0.2) is 0 Å². The molecule has 0 aliphatic carbocycles. The molecule has 1 aliphatic heterocycles. The highest BCUT2D eigenvalue weighted by molar-refractivity contribution is 6.31. The quantitative estimate of drug-likeness (QED) is 0.822. The first-order chi connectivity index (χ1) is 8.06. The molecule has 1 fully saturated rings. The summed E-state index contributed by atoms with van der Waals surface area (Å²) in [5.41, 5.74) is 0. The average molecular weight is 276 g/mol. The van der Waals surface area contributed by atoms with Crippen LogP contribution in [-0.4, -0.2) is 53.1 Å². The van der Waals surface area contributed by atoms with E-state index in [1.54, 1.807) is 0 Å². The lowest BCUT2D eigenvalue weighted by atomic mass is 10.1. The smallest absolute Gasteiger partial charge is 0.231 e. The van der Waals surface area contributed by atoms with Gasteiger partial charge < -0.3 is 9.80 Å². The Morgan fingerprint density at radius 1 is 1.18 bits per heavy atom. The van der Waals surface area contributed by atoms with Crippen LogP contribution in [-0.2, 0) is 0 Å². The third-order valence-electron chi connectivity index (χ3n) is 2.98. The first kappa shape index (κ1) is 12.8. The van der Waals surface area contributed by atoms with Crippen LogP contribution in [0, 0.1) is 0 Å². The van der Waals surface area contributed by atoms with Crippen LogP contribution in [0.2, 0.25) is 10.6 Å². The summed E-state index contributed by atoms with van der Waals surface area (Å²) < 4.78 is 0. The molecule has 0 amide bonds. The molecule has 1 aromatic rings. The zero-order chi connectivity index (χ0) is 12.4. The average Bonchev–Trinajstić information content (AvgIpc) is 2.28. The van der Waals surface area contributed by atoms with Crippen molar-refractivity contribution in [2.75, 3.05) is 32.1 Å². The standard InChI is InChI=1S/C10H15Cl2N5/c1-16(2)7-4-3-5-17(6-7)10-14-8(11)13-9(12)15-10/h7H,3-6H2,1-2H3. The summed E-state index contributed by atoms with van der Waals surface area (Å²) >= 11 is 11.6. The van der Waals surface area contributed by atoms with Gasteiger partial charge >= 0.3 is 0 Å². The Morgan fingerprint density at radius 3 is 2.41 bits per heavy atom. The summed E-state index contributed by atoms with van der Waals surface area (Å²) in [5.74, 6) is 0.571. The van der Waals surface area contributed by atoms with Crippen LogP contribution in [0.5, 0.6) is 0 Å². The van der Waals surface area contributed by atoms with E-state index in [9.17, 15) is 0 Å². The van der Waals surface area contributed by atoms with Crippen molar-refractivity contribution in [1.29, 1.82) is 0 Å². The largest absolute Gasteiger partial charge is 0.339 e. The van der Waals surface area contributed by atoms with E-state index in [-0.39, 0.29) is 10.6 Å². The lowest BCUT2D eigenvalue weighted by Crippen LogP contribution is -2.45. The summed E-state index contributed by atoms with van der Waals surface area (Å²) in [5, 5.41) is 0.291. The number of rotatable bonds is 2. The van der Waals surface area contributed by atoms with E-state index in [0.717, 1.165) is 19.5 Å². The van der Waals surface area contributed by atoms with Gasteiger partial charge in [0, 0.05) is 19.1 Å². The molecule has 1 aliphatic rings. The Kier molecular flexibility index (Phi) is 4.01. The van der Waals surface area contributed by atoms with Crippen LogP contribution < -0.4 is 4.90 Å². The molecule has 94 valence electrons. The van der Waals surface area contributed by atoms with E-state index >= 15 is 0 Å². The Hall–Kier alpha value is -0.650. The van der Waals surface area contributed by atoms with Crippen molar-refractivity contribution < 1.29 is 0 Å². The molecule has 2 heterocycles. The molecule has 0 N–H and O–H groups in total. The summed E-state index contributed by atoms with van der Waals surface area (Å²) in [7, 11) is 4.17. The van der Waals surface area contributed by atoms with Crippen molar-refractivity contribution in [2.45, 2.75) is 18.9 Å². The van der Waals surface area contributed by atoms with Crippen molar-refractivity contribution in [3.05, 3.63) is 10.6 Å². The first-order valence-corrected chi connectivity index (χ1v) is 6.30. The lowest BCUT2D eigenvalue weighted by molar-refractivity contribution is 0.257. The van der Waals surface area contributed by atoms with Crippen LogP contribution in [0.25, 0.3) is 0 Å². The molecule has 17 heavy (non-hydrogen) atoms. The summed E-state index contributed by atoms with van der Waals surface area (Å²) in [6, 6.07) is 0.512. The number of hydrogen-bond donors (Lipinski definition) is 0. The van der Waals surface area contributed by atoms with Gasteiger partial charge in [-0.3, -0.25) is 0 Å². The van der Waals surface area contributed by atoms with Gasteiger partial charge in [-0.2, -0.15) is 15.0 Å². The van der Waals surface area contributed by atoms with Gasteiger partial charge in [0.05, 0.1) is 0 Å². The van der Waals surface area contributed by atoms with E-state index < -0.39 is 0 Å². The molecule has 0 radical (unpaired) electrons. The van der Waals surface area contributed by atoms with Crippen molar-refractivity contribution in [2.24, 2.45) is 0 Å².